The summed E-state index contributed by atoms with van der Waals surface area (Å²) < 4.78 is 10.5. The molecule has 0 saturated carbocycles. The van der Waals surface area contributed by atoms with Gasteiger partial charge in [-0.05, 0) is 30.7 Å². The van der Waals surface area contributed by atoms with Gasteiger partial charge in [0.05, 0.1) is 0 Å². The van der Waals surface area contributed by atoms with Crippen LogP contribution < -0.4 is 36.7 Å². The van der Waals surface area contributed by atoms with Crippen molar-refractivity contribution in [2.75, 3.05) is 23.8 Å². The number of fused-ring (bicyclic) bond motifs is 1. The minimum absolute atomic E-state index is 0.0588. The first kappa shape index (κ1) is 41.1. The Bertz CT molecular complexity index is 2190. The van der Waals surface area contributed by atoms with E-state index in [1.807, 2.05) is 16.2 Å². The molecule has 2 atom stereocenters. The average molecular weight is 849 g/mol. The van der Waals surface area contributed by atoms with E-state index in [9.17, 15) is 43.5 Å². The number of nitrogens with two attached hydrogens (primary N) is 1. The summed E-state index contributed by atoms with van der Waals surface area (Å²) in [4.78, 5) is 109. The first-order chi connectivity index (χ1) is 26.6. The number of esters is 2. The number of carboxylic acids is 1. The molecule has 0 aliphatic carbocycles. The van der Waals surface area contributed by atoms with Crippen LogP contribution in [0.5, 0.6) is 11.5 Å². The van der Waals surface area contributed by atoms with E-state index in [-0.39, 0.29) is 45.1 Å². The lowest BCUT2D eigenvalue weighted by Crippen LogP contribution is -2.71. The van der Waals surface area contributed by atoms with Gasteiger partial charge in [0.1, 0.15) is 27.8 Å². The number of rotatable bonds is 13. The summed E-state index contributed by atoms with van der Waals surface area (Å²) in [5.74, 6) is -6.30. The van der Waals surface area contributed by atoms with Crippen molar-refractivity contribution in [3.05, 3.63) is 51.1 Å². The van der Waals surface area contributed by atoms with Crippen molar-refractivity contribution in [3.63, 3.8) is 0 Å². The van der Waals surface area contributed by atoms with E-state index in [0.29, 0.717) is 9.91 Å². The smallest absolute Gasteiger partial charge is 0.352 e. The predicted octanol–water partition coefficient (Wildman–Crippen LogP) is 0.158. The molecule has 0 bridgehead atoms. The SMILES string of the molecule is CC(=O)Oc1ccc(C(=O)NC(=O)NNC(=O)CON=C(C(=O)NC2C(=O)N3C(C(=O)O)=C(CSc4nnc(C)s4)CS[C@@H]23)c2csc(N)n2)cc1OC(C)=O. The highest BCUT2D eigenvalue weighted by molar-refractivity contribution is 8.01. The van der Waals surface area contributed by atoms with Gasteiger partial charge < -0.3 is 30.5 Å². The number of urea groups is 1. The van der Waals surface area contributed by atoms with Crippen LogP contribution in [0.25, 0.3) is 0 Å². The van der Waals surface area contributed by atoms with E-state index in [2.05, 4.69) is 25.7 Å². The molecule has 0 radical (unpaired) electrons. The Morgan fingerprint density at radius 2 is 1.80 bits per heavy atom. The molecule has 2 aliphatic heterocycles. The van der Waals surface area contributed by atoms with E-state index in [1.54, 1.807) is 6.92 Å². The van der Waals surface area contributed by atoms with Gasteiger partial charge in [-0.3, -0.25) is 44.4 Å². The average Bonchev–Trinajstić information content (AvgIpc) is 3.77. The fraction of sp³-hybridized carbons (Fsp3) is 0.267. The third-order valence-electron chi connectivity index (χ3n) is 7.00. The fourth-order valence-corrected chi connectivity index (χ4v) is 8.59. The molecular formula is C30H28N10O12S4. The number of carbonyl (C=O) groups is 8. The first-order valence-electron chi connectivity index (χ1n) is 15.6. The number of hydrogen-bond donors (Lipinski definition) is 6. The number of thiazole rings is 1. The van der Waals surface area contributed by atoms with Gasteiger partial charge in [0.2, 0.25) is 0 Å². The number of imide groups is 1. The lowest BCUT2D eigenvalue weighted by molar-refractivity contribution is -0.150. The summed E-state index contributed by atoms with van der Waals surface area (Å²) in [6, 6.07) is 1.06. The second kappa shape index (κ2) is 18.0. The number of aryl methyl sites for hydroxylation is 1. The van der Waals surface area contributed by atoms with E-state index >= 15 is 0 Å². The van der Waals surface area contributed by atoms with Gasteiger partial charge >= 0.3 is 23.9 Å². The van der Waals surface area contributed by atoms with Crippen molar-refractivity contribution in [2.24, 2.45) is 5.16 Å². The van der Waals surface area contributed by atoms with Gasteiger partial charge in [-0.1, -0.05) is 28.3 Å². The number of carbonyl (C=O) groups excluding carboxylic acids is 7. The van der Waals surface area contributed by atoms with E-state index in [1.165, 1.54) is 52.4 Å². The molecule has 3 aromatic rings. The zero-order valence-electron chi connectivity index (χ0n) is 29.0. The number of oxime groups is 1. The minimum Gasteiger partial charge on any atom is -0.477 e. The molecule has 56 heavy (non-hydrogen) atoms. The quantitative estimate of drug-likeness (QED) is 0.0333. The lowest BCUT2D eigenvalue weighted by atomic mass is 10.0. The summed E-state index contributed by atoms with van der Waals surface area (Å²) in [5, 5.41) is 27.5. The lowest BCUT2D eigenvalue weighted by Gasteiger charge is -2.49. The Hall–Kier alpha value is -6.12. The molecule has 6 amide bonds. The first-order valence-corrected chi connectivity index (χ1v) is 19.3. The maximum atomic E-state index is 13.4. The van der Waals surface area contributed by atoms with Crippen LogP contribution in [0.1, 0.15) is 34.9 Å². The van der Waals surface area contributed by atoms with Crippen LogP contribution in [0.3, 0.4) is 0 Å². The number of anilines is 1. The molecule has 4 heterocycles. The molecule has 2 aliphatic rings. The molecular weight excluding hydrogens is 821 g/mol. The normalized spacial score (nSPS) is 16.2. The maximum absolute atomic E-state index is 13.4. The molecule has 22 nitrogen and oxygen atoms in total. The summed E-state index contributed by atoms with van der Waals surface area (Å²) in [6.07, 6.45) is 0. The third kappa shape index (κ3) is 10.1. The number of aromatic nitrogens is 3. The van der Waals surface area contributed by atoms with Crippen LogP contribution in [0.15, 0.2) is 44.3 Å². The summed E-state index contributed by atoms with van der Waals surface area (Å²) in [7, 11) is 0. The van der Waals surface area contributed by atoms with Crippen molar-refractivity contribution in [1.29, 1.82) is 0 Å². The third-order valence-corrected chi connectivity index (χ3v) is 11.1. The van der Waals surface area contributed by atoms with Gasteiger partial charge in [0, 0.05) is 36.3 Å². The second-order valence-electron chi connectivity index (χ2n) is 11.1. The Labute approximate surface area is 330 Å². The highest BCUT2D eigenvalue weighted by atomic mass is 32.2. The van der Waals surface area contributed by atoms with Crippen LogP contribution in [0.2, 0.25) is 0 Å². The van der Waals surface area contributed by atoms with Gasteiger partial charge in [-0.2, -0.15) is 0 Å². The van der Waals surface area contributed by atoms with Crippen molar-refractivity contribution >= 4 is 105 Å². The number of amides is 6. The highest BCUT2D eigenvalue weighted by Gasteiger charge is 2.54. The number of carboxylic acid groups (broad SMARTS) is 1. The van der Waals surface area contributed by atoms with E-state index in [4.69, 9.17) is 20.0 Å². The summed E-state index contributed by atoms with van der Waals surface area (Å²) in [5.41, 5.74) is 9.21. The maximum Gasteiger partial charge on any atom is 0.352 e. The van der Waals surface area contributed by atoms with Crippen LogP contribution in [-0.2, 0) is 33.6 Å². The largest absolute Gasteiger partial charge is 0.477 e. The van der Waals surface area contributed by atoms with Gasteiger partial charge in [-0.25, -0.2) is 20.0 Å². The number of nitrogen functional groups attached to an aromatic ring is 1. The van der Waals surface area contributed by atoms with Gasteiger partial charge in [0.15, 0.2) is 33.3 Å². The van der Waals surface area contributed by atoms with Crippen LogP contribution in [0.4, 0.5) is 9.93 Å². The molecule has 26 heteroatoms. The molecule has 1 unspecified atom stereocenters. The second-order valence-corrected chi connectivity index (χ2v) is 15.5. The van der Waals surface area contributed by atoms with Crippen LogP contribution in [0, 0.1) is 6.92 Å². The number of nitrogens with zero attached hydrogens (tertiary/aromatic N) is 5. The topological polar surface area (TPSA) is 313 Å². The number of β-lactam (4-membered cyclic amide) rings is 1. The van der Waals surface area contributed by atoms with Gasteiger partial charge in [0.25, 0.3) is 23.6 Å². The standard InChI is InChI=1S/C30H28N10O12S4/c1-11-35-38-30(56-11)55-9-15-8-53-26-21(25(46)40(26)22(15)27(47)48)33-24(45)20(16-10-54-28(31)32-16)39-50-7-19(43)36-37-29(49)34-23(44)14-4-5-17(51-12(2)41)18(6-14)52-13(3)42/h4-6,10,21,26H,7-9H2,1-3H3,(H2,31,32)(H,33,45)(H,36,43)(H,47,48)(H2,34,37,44,49)/t21?,26-/m0/s1. The summed E-state index contributed by atoms with van der Waals surface area (Å²) in [6.45, 7) is 3.12. The van der Waals surface area contributed by atoms with Crippen molar-refractivity contribution < 1.29 is 57.8 Å². The number of benzene rings is 1. The number of thioether (sulfide) groups is 2. The number of hydrazine groups is 1. The molecule has 5 rings (SSSR count). The number of aliphatic carboxylic acids is 1. The number of hydrogen-bond acceptors (Lipinski definition) is 20. The molecule has 1 aromatic carbocycles. The molecule has 294 valence electrons. The zero-order chi connectivity index (χ0) is 40.7. The highest BCUT2D eigenvalue weighted by Crippen LogP contribution is 2.42. The predicted molar refractivity (Wildman–Crippen MR) is 197 cm³/mol. The Morgan fingerprint density at radius 1 is 1.07 bits per heavy atom. The van der Waals surface area contributed by atoms with Crippen LogP contribution >= 0.6 is 46.2 Å². The fourth-order valence-electron chi connectivity index (χ4n) is 4.74. The van der Waals surface area contributed by atoms with Crippen molar-refractivity contribution in [2.45, 2.75) is 36.5 Å². The Balaban J connectivity index is 1.16. The molecule has 0 spiro atoms. The number of ether oxygens (including phenoxy) is 2. The number of nitrogens with one attached hydrogen (secondary N) is 4. The van der Waals surface area contributed by atoms with Crippen LogP contribution in [-0.4, -0.2) is 108 Å². The van der Waals surface area contributed by atoms with E-state index in [0.717, 1.165) is 41.2 Å². The molecule has 1 fully saturated rings. The van der Waals surface area contributed by atoms with E-state index < -0.39 is 71.3 Å². The van der Waals surface area contributed by atoms with Crippen molar-refractivity contribution in [1.82, 2.24) is 41.6 Å². The molecule has 1 saturated heterocycles. The van der Waals surface area contributed by atoms with Gasteiger partial charge in [-0.15, -0.1) is 33.3 Å². The van der Waals surface area contributed by atoms with Crippen molar-refractivity contribution in [3.8, 4) is 11.5 Å². The molecule has 2 aromatic heterocycles. The Morgan fingerprint density at radius 3 is 2.45 bits per heavy atom. The zero-order valence-corrected chi connectivity index (χ0v) is 32.2. The monoisotopic (exact) mass is 848 g/mol. The minimum atomic E-state index is -1.30. The molecule has 7 N–H and O–H groups in total. The Kier molecular flexibility index (Phi) is 13.2. The summed E-state index contributed by atoms with van der Waals surface area (Å²) >= 11 is 4.87.